The molecule has 0 aliphatic heterocycles. The van der Waals surface area contributed by atoms with Gasteiger partial charge in [0.25, 0.3) is 5.92 Å². The van der Waals surface area contributed by atoms with Crippen molar-refractivity contribution in [1.82, 2.24) is 9.97 Å². The van der Waals surface area contributed by atoms with Crippen LogP contribution in [0.4, 0.5) is 18.9 Å². The van der Waals surface area contributed by atoms with Gasteiger partial charge in [-0.05, 0) is 42.3 Å². The Morgan fingerprint density at radius 3 is 2.20 bits per heavy atom. The molecule has 0 radical (unpaired) electrons. The zero-order valence-corrected chi connectivity index (χ0v) is 19.4. The number of nitrogens with zero attached hydrogens (tertiary/aromatic N) is 2. The third-order valence-corrected chi connectivity index (χ3v) is 5.71. The summed E-state index contributed by atoms with van der Waals surface area (Å²) in [6.07, 6.45) is 2.84. The van der Waals surface area contributed by atoms with Crippen LogP contribution < -0.4 is 5.32 Å². The molecule has 0 aliphatic rings. The molecule has 7 heteroatoms. The van der Waals surface area contributed by atoms with Crippen molar-refractivity contribution in [1.29, 1.82) is 0 Å². The Kier molecular flexibility index (Phi) is 6.96. The highest BCUT2D eigenvalue weighted by Crippen LogP contribution is 2.32. The summed E-state index contributed by atoms with van der Waals surface area (Å²) in [5.74, 6) is -3.52. The Labute approximate surface area is 201 Å². The van der Waals surface area contributed by atoms with Gasteiger partial charge in [0.15, 0.2) is 0 Å². The fourth-order valence-electron chi connectivity index (χ4n) is 3.73. The molecule has 0 saturated carbocycles. The van der Waals surface area contributed by atoms with Crippen LogP contribution >= 0.6 is 0 Å². The maximum absolute atomic E-state index is 14.6. The Balaban J connectivity index is 1.47. The predicted octanol–water partition coefficient (Wildman–Crippen LogP) is 6.94. The summed E-state index contributed by atoms with van der Waals surface area (Å²) in [4.78, 5) is 21.2. The second-order valence-corrected chi connectivity index (χ2v) is 8.29. The lowest BCUT2D eigenvalue weighted by molar-refractivity contribution is -0.115. The van der Waals surface area contributed by atoms with Crippen molar-refractivity contribution in [3.05, 3.63) is 102 Å². The van der Waals surface area contributed by atoms with Crippen molar-refractivity contribution in [3.8, 4) is 22.5 Å². The van der Waals surface area contributed by atoms with Crippen LogP contribution in [0.1, 0.15) is 30.0 Å². The number of halogens is 3. The third kappa shape index (κ3) is 5.57. The first-order valence-corrected chi connectivity index (χ1v) is 11.2. The number of nitrogens with one attached hydrogen (secondary N) is 1. The maximum Gasteiger partial charge on any atom is 0.273 e. The van der Waals surface area contributed by atoms with Crippen molar-refractivity contribution in [2.24, 2.45) is 0 Å². The van der Waals surface area contributed by atoms with Gasteiger partial charge in [-0.3, -0.25) is 14.8 Å². The van der Waals surface area contributed by atoms with E-state index < -0.39 is 5.92 Å². The lowest BCUT2D eigenvalue weighted by Crippen LogP contribution is -2.15. The second-order valence-electron chi connectivity index (χ2n) is 8.29. The molecule has 1 heterocycles. The number of alkyl halides is 2. The van der Waals surface area contributed by atoms with Gasteiger partial charge in [0.1, 0.15) is 5.82 Å². The average Bonchev–Trinajstić information content (AvgIpc) is 2.85. The summed E-state index contributed by atoms with van der Waals surface area (Å²) in [6.45, 7) is 3.25. The summed E-state index contributed by atoms with van der Waals surface area (Å²) in [5.41, 5.74) is 3.99. The van der Waals surface area contributed by atoms with E-state index in [-0.39, 0.29) is 30.1 Å². The molecule has 0 unspecified atom stereocenters. The van der Waals surface area contributed by atoms with Crippen LogP contribution in [0.25, 0.3) is 22.5 Å². The van der Waals surface area contributed by atoms with Crippen LogP contribution in [0, 0.1) is 12.7 Å². The first kappa shape index (κ1) is 24.1. The number of aromatic nitrogens is 2. The normalized spacial score (nSPS) is 11.3. The van der Waals surface area contributed by atoms with E-state index in [9.17, 15) is 18.0 Å². The summed E-state index contributed by atoms with van der Waals surface area (Å²) >= 11 is 0. The number of carbonyl (C=O) groups is 1. The lowest BCUT2D eigenvalue weighted by Gasteiger charge is -2.14. The maximum atomic E-state index is 14.6. The van der Waals surface area contributed by atoms with Crippen molar-refractivity contribution >= 4 is 11.6 Å². The number of hydrogen-bond donors (Lipinski definition) is 1. The lowest BCUT2D eigenvalue weighted by atomic mass is 10.0. The number of hydrogen-bond acceptors (Lipinski definition) is 3. The number of rotatable bonds is 7. The molecular weight excluding hydrogens is 451 g/mol. The molecule has 4 nitrogen and oxygen atoms in total. The van der Waals surface area contributed by atoms with Crippen molar-refractivity contribution in [2.45, 2.75) is 32.6 Å². The van der Waals surface area contributed by atoms with Gasteiger partial charge >= 0.3 is 0 Å². The van der Waals surface area contributed by atoms with Gasteiger partial charge in [-0.15, -0.1) is 0 Å². The zero-order valence-electron chi connectivity index (χ0n) is 19.4. The molecule has 1 aromatic heterocycles. The largest absolute Gasteiger partial charge is 0.326 e. The van der Waals surface area contributed by atoms with Gasteiger partial charge in [0.2, 0.25) is 5.91 Å². The smallest absolute Gasteiger partial charge is 0.273 e. The molecule has 1 amide bonds. The summed E-state index contributed by atoms with van der Waals surface area (Å²) in [5, 5.41) is 2.80. The molecule has 0 atom stereocenters. The molecule has 0 spiro atoms. The van der Waals surface area contributed by atoms with Gasteiger partial charge in [-0.2, -0.15) is 0 Å². The molecule has 178 valence electrons. The van der Waals surface area contributed by atoms with Crippen molar-refractivity contribution < 1.29 is 18.0 Å². The van der Waals surface area contributed by atoms with Gasteiger partial charge in [0.05, 0.1) is 17.8 Å². The van der Waals surface area contributed by atoms with Crippen LogP contribution in [-0.2, 0) is 17.1 Å². The first-order valence-electron chi connectivity index (χ1n) is 11.2. The Hall–Kier alpha value is -4.00. The van der Waals surface area contributed by atoms with Gasteiger partial charge in [0, 0.05) is 41.2 Å². The summed E-state index contributed by atoms with van der Waals surface area (Å²) in [6, 6.07) is 17.8. The molecule has 1 N–H and O–H groups in total. The van der Waals surface area contributed by atoms with E-state index in [4.69, 9.17) is 0 Å². The minimum absolute atomic E-state index is 0.0563. The third-order valence-electron chi connectivity index (χ3n) is 5.71. The minimum atomic E-state index is -2.88. The van der Waals surface area contributed by atoms with Crippen LogP contribution in [0.3, 0.4) is 0 Å². The van der Waals surface area contributed by atoms with Crippen LogP contribution in [0.5, 0.6) is 0 Å². The second kappa shape index (κ2) is 10.1. The van der Waals surface area contributed by atoms with Crippen molar-refractivity contribution in [3.63, 3.8) is 0 Å². The van der Waals surface area contributed by atoms with E-state index in [2.05, 4.69) is 15.3 Å². The fourth-order valence-corrected chi connectivity index (χ4v) is 3.73. The number of aryl methyl sites for hydroxylation is 1. The molecule has 0 bridgehead atoms. The standard InChI is InChI=1S/C28H24F3N3O/c1-3-28(30,31)21-9-5-19(6-10-21)17-25(35)34-22-11-7-20(8-12-22)26-27(33-15-14-32-26)23-13-4-18(2)16-24(23)29/h4-16H,3,17H2,1-2H3,(H,34,35). The molecular formula is C28H24F3N3O. The van der Waals surface area contributed by atoms with Gasteiger partial charge in [-0.25, -0.2) is 13.2 Å². The minimum Gasteiger partial charge on any atom is -0.326 e. The zero-order chi connectivity index (χ0) is 25.0. The van der Waals surface area contributed by atoms with Crippen LogP contribution in [0.15, 0.2) is 79.1 Å². The van der Waals surface area contributed by atoms with E-state index in [0.29, 0.717) is 28.2 Å². The number of carbonyl (C=O) groups excluding carboxylic acids is 1. The SMILES string of the molecule is CCC(F)(F)c1ccc(CC(=O)Nc2ccc(-c3nccnc3-c3ccc(C)cc3F)cc2)cc1. The van der Waals surface area contributed by atoms with Gasteiger partial charge < -0.3 is 5.32 Å². The summed E-state index contributed by atoms with van der Waals surface area (Å²) < 4.78 is 42.1. The predicted molar refractivity (Wildman–Crippen MR) is 131 cm³/mol. The Morgan fingerprint density at radius 1 is 0.914 bits per heavy atom. The number of anilines is 1. The quantitative estimate of drug-likeness (QED) is 0.315. The van der Waals surface area contributed by atoms with E-state index >= 15 is 0 Å². The summed E-state index contributed by atoms with van der Waals surface area (Å²) in [7, 11) is 0. The molecule has 4 rings (SSSR count). The van der Waals surface area contributed by atoms with Gasteiger partial charge in [-0.1, -0.05) is 49.4 Å². The number of amides is 1. The van der Waals surface area contributed by atoms with E-state index in [0.717, 1.165) is 11.1 Å². The highest BCUT2D eigenvalue weighted by atomic mass is 19.3. The van der Waals surface area contributed by atoms with Crippen LogP contribution in [-0.4, -0.2) is 15.9 Å². The molecule has 0 saturated heterocycles. The fraction of sp³-hybridized carbons (Fsp3) is 0.179. The monoisotopic (exact) mass is 475 g/mol. The average molecular weight is 476 g/mol. The van der Waals surface area contributed by atoms with Crippen molar-refractivity contribution in [2.75, 3.05) is 5.32 Å². The van der Waals surface area contributed by atoms with E-state index in [1.54, 1.807) is 48.7 Å². The topological polar surface area (TPSA) is 54.9 Å². The highest BCUT2D eigenvalue weighted by Gasteiger charge is 2.28. The van der Waals surface area contributed by atoms with E-state index in [1.807, 2.05) is 13.0 Å². The number of benzene rings is 3. The Morgan fingerprint density at radius 2 is 1.57 bits per heavy atom. The Bertz CT molecular complexity index is 1340. The molecule has 4 aromatic rings. The highest BCUT2D eigenvalue weighted by molar-refractivity contribution is 5.92. The molecule has 35 heavy (non-hydrogen) atoms. The molecule has 3 aromatic carbocycles. The molecule has 0 aliphatic carbocycles. The van der Waals surface area contributed by atoms with E-state index in [1.165, 1.54) is 31.3 Å². The van der Waals surface area contributed by atoms with Crippen LogP contribution in [0.2, 0.25) is 0 Å². The molecule has 0 fully saturated rings. The first-order chi connectivity index (χ1) is 16.8.